The van der Waals surface area contributed by atoms with E-state index in [1.807, 2.05) is 0 Å². The zero-order chi connectivity index (χ0) is 15.4. The Kier molecular flexibility index (Phi) is 5.02. The summed E-state index contributed by atoms with van der Waals surface area (Å²) in [4.78, 5) is 20.8. The topological polar surface area (TPSA) is 80.4 Å². The van der Waals surface area contributed by atoms with Crippen molar-refractivity contribution in [2.75, 3.05) is 39.3 Å². The molecule has 0 aliphatic carbocycles. The fourth-order valence-corrected chi connectivity index (χ4v) is 3.48. The van der Waals surface area contributed by atoms with Crippen LogP contribution in [0.1, 0.15) is 32.1 Å². The number of hydrogen-bond acceptors (Lipinski definition) is 5. The van der Waals surface area contributed by atoms with Crippen molar-refractivity contribution >= 4 is 11.9 Å². The number of primary amides is 1. The van der Waals surface area contributed by atoms with Gasteiger partial charge in [0, 0.05) is 19.6 Å². The lowest BCUT2D eigenvalue weighted by Gasteiger charge is -2.35. The molecule has 2 N–H and O–H groups in total. The quantitative estimate of drug-likeness (QED) is 0.843. The van der Waals surface area contributed by atoms with Gasteiger partial charge in [-0.1, -0.05) is 11.6 Å². The second kappa shape index (κ2) is 7.17. The van der Waals surface area contributed by atoms with E-state index in [9.17, 15) is 4.79 Å². The van der Waals surface area contributed by atoms with E-state index >= 15 is 0 Å². The molecule has 0 spiro atoms. The third-order valence-electron chi connectivity index (χ3n) is 4.70. The molecule has 0 saturated carbocycles. The number of oxime groups is 1. The molecule has 124 valence electrons. The fourth-order valence-electron chi connectivity index (χ4n) is 3.48. The van der Waals surface area contributed by atoms with E-state index in [2.05, 4.69) is 10.1 Å². The monoisotopic (exact) mass is 310 g/mol. The SMILES string of the molecule is NC(=O)N1CCCC(C2=NOCC(CN3CCCCC3)O2)C1. The average Bonchev–Trinajstić information content (AvgIpc) is 2.56. The summed E-state index contributed by atoms with van der Waals surface area (Å²) >= 11 is 0. The highest BCUT2D eigenvalue weighted by Gasteiger charge is 2.32. The van der Waals surface area contributed by atoms with Crippen LogP contribution in [-0.2, 0) is 9.57 Å². The fraction of sp³-hybridized carbons (Fsp3) is 0.867. The Morgan fingerprint density at radius 3 is 2.82 bits per heavy atom. The van der Waals surface area contributed by atoms with E-state index in [1.165, 1.54) is 19.3 Å². The molecule has 0 aromatic heterocycles. The van der Waals surface area contributed by atoms with Crippen LogP contribution in [0.5, 0.6) is 0 Å². The molecule has 7 nitrogen and oxygen atoms in total. The maximum absolute atomic E-state index is 11.3. The number of rotatable bonds is 3. The van der Waals surface area contributed by atoms with Crippen LogP contribution in [-0.4, -0.2) is 67.2 Å². The van der Waals surface area contributed by atoms with Gasteiger partial charge in [0.25, 0.3) is 0 Å². The van der Waals surface area contributed by atoms with E-state index in [0.717, 1.165) is 39.0 Å². The van der Waals surface area contributed by atoms with Crippen molar-refractivity contribution in [3.05, 3.63) is 0 Å². The summed E-state index contributed by atoms with van der Waals surface area (Å²) in [7, 11) is 0. The normalized spacial score (nSPS) is 30.2. The van der Waals surface area contributed by atoms with Crippen LogP contribution in [0.25, 0.3) is 0 Å². The highest BCUT2D eigenvalue weighted by molar-refractivity contribution is 5.80. The molecule has 0 radical (unpaired) electrons. The Morgan fingerprint density at radius 2 is 2.05 bits per heavy atom. The van der Waals surface area contributed by atoms with Crippen LogP contribution in [0.3, 0.4) is 0 Å². The number of hydrogen-bond donors (Lipinski definition) is 1. The number of amides is 2. The summed E-state index contributed by atoms with van der Waals surface area (Å²) in [5.74, 6) is 0.740. The Labute approximate surface area is 131 Å². The van der Waals surface area contributed by atoms with Crippen molar-refractivity contribution < 1.29 is 14.4 Å². The smallest absolute Gasteiger partial charge is 0.314 e. The second-order valence-electron chi connectivity index (χ2n) is 6.45. The Bertz CT molecular complexity index is 423. The highest BCUT2D eigenvalue weighted by Crippen LogP contribution is 2.22. The van der Waals surface area contributed by atoms with Crippen molar-refractivity contribution in [2.45, 2.75) is 38.2 Å². The van der Waals surface area contributed by atoms with Gasteiger partial charge in [0.2, 0.25) is 5.90 Å². The number of carbonyl (C=O) groups excluding carboxylic acids is 1. The number of carbonyl (C=O) groups is 1. The molecule has 3 heterocycles. The summed E-state index contributed by atoms with van der Waals surface area (Å²) in [6, 6.07) is -0.369. The van der Waals surface area contributed by atoms with Gasteiger partial charge in [-0.2, -0.15) is 0 Å². The van der Waals surface area contributed by atoms with Crippen molar-refractivity contribution in [3.63, 3.8) is 0 Å². The minimum absolute atomic E-state index is 0.0366. The lowest BCUT2D eigenvalue weighted by Crippen LogP contribution is -2.48. The molecule has 22 heavy (non-hydrogen) atoms. The first-order chi connectivity index (χ1) is 10.7. The van der Waals surface area contributed by atoms with Gasteiger partial charge >= 0.3 is 6.03 Å². The van der Waals surface area contributed by atoms with E-state index in [0.29, 0.717) is 19.0 Å². The van der Waals surface area contributed by atoms with Gasteiger partial charge in [0.05, 0.1) is 5.92 Å². The number of urea groups is 1. The van der Waals surface area contributed by atoms with Crippen molar-refractivity contribution in [3.8, 4) is 0 Å². The van der Waals surface area contributed by atoms with Crippen LogP contribution in [0.2, 0.25) is 0 Å². The third kappa shape index (κ3) is 3.82. The van der Waals surface area contributed by atoms with E-state index in [1.54, 1.807) is 4.90 Å². The summed E-state index contributed by atoms with van der Waals surface area (Å²) in [6.45, 7) is 4.99. The van der Waals surface area contributed by atoms with Crippen LogP contribution < -0.4 is 5.73 Å². The summed E-state index contributed by atoms with van der Waals surface area (Å²) in [5, 5.41) is 4.09. The zero-order valence-electron chi connectivity index (χ0n) is 13.1. The molecule has 2 fully saturated rings. The molecule has 0 aromatic carbocycles. The van der Waals surface area contributed by atoms with Crippen molar-refractivity contribution in [1.29, 1.82) is 0 Å². The molecule has 2 atom stereocenters. The van der Waals surface area contributed by atoms with Gasteiger partial charge in [-0.3, -0.25) is 4.90 Å². The first-order valence-electron chi connectivity index (χ1n) is 8.35. The van der Waals surface area contributed by atoms with E-state index in [-0.39, 0.29) is 18.1 Å². The van der Waals surface area contributed by atoms with Gasteiger partial charge in [0.15, 0.2) is 6.61 Å². The first-order valence-corrected chi connectivity index (χ1v) is 8.35. The highest BCUT2D eigenvalue weighted by atomic mass is 16.7. The number of nitrogens with two attached hydrogens (primary N) is 1. The van der Waals surface area contributed by atoms with Crippen LogP contribution >= 0.6 is 0 Å². The molecule has 2 unspecified atom stereocenters. The minimum atomic E-state index is -0.369. The van der Waals surface area contributed by atoms with Gasteiger partial charge in [-0.25, -0.2) is 4.79 Å². The molecule has 3 aliphatic rings. The predicted molar refractivity (Wildman–Crippen MR) is 82.4 cm³/mol. The van der Waals surface area contributed by atoms with E-state index < -0.39 is 0 Å². The minimum Gasteiger partial charge on any atom is -0.470 e. The van der Waals surface area contributed by atoms with Gasteiger partial charge < -0.3 is 20.2 Å². The van der Waals surface area contributed by atoms with Gasteiger partial charge in [-0.15, -0.1) is 0 Å². The van der Waals surface area contributed by atoms with Crippen LogP contribution in [0, 0.1) is 5.92 Å². The molecule has 3 aliphatic heterocycles. The van der Waals surface area contributed by atoms with Gasteiger partial charge in [0.1, 0.15) is 6.10 Å². The Hall–Kier alpha value is -1.50. The van der Waals surface area contributed by atoms with Gasteiger partial charge in [-0.05, 0) is 38.8 Å². The number of likely N-dealkylation sites (tertiary alicyclic amines) is 2. The van der Waals surface area contributed by atoms with E-state index in [4.69, 9.17) is 15.3 Å². The molecule has 3 rings (SSSR count). The lowest BCUT2D eigenvalue weighted by molar-refractivity contribution is -0.0174. The maximum atomic E-state index is 11.3. The maximum Gasteiger partial charge on any atom is 0.314 e. The standard InChI is InChI=1S/C15H26N4O3/c16-15(20)19-8-4-5-12(9-19)14-17-21-11-13(22-14)10-18-6-2-1-3-7-18/h12-13H,1-11H2,(H2,16,20). The molecule has 2 amide bonds. The largest absolute Gasteiger partial charge is 0.470 e. The molecule has 0 bridgehead atoms. The number of ether oxygens (including phenoxy) is 1. The Balaban J connectivity index is 1.53. The predicted octanol–water partition coefficient (Wildman–Crippen LogP) is 0.992. The number of nitrogens with zero attached hydrogens (tertiary/aromatic N) is 3. The summed E-state index contributed by atoms with van der Waals surface area (Å²) < 4.78 is 6.06. The molecular formula is C15H26N4O3. The molecular weight excluding hydrogens is 284 g/mol. The van der Waals surface area contributed by atoms with Crippen LogP contribution in [0.15, 0.2) is 5.16 Å². The first kappa shape index (κ1) is 15.4. The molecule has 2 saturated heterocycles. The molecule has 0 aromatic rings. The van der Waals surface area contributed by atoms with Crippen molar-refractivity contribution in [2.24, 2.45) is 16.8 Å². The lowest BCUT2D eigenvalue weighted by atomic mass is 9.98. The van der Waals surface area contributed by atoms with Crippen LogP contribution in [0.4, 0.5) is 4.79 Å². The average molecular weight is 310 g/mol. The van der Waals surface area contributed by atoms with Crippen molar-refractivity contribution in [1.82, 2.24) is 9.80 Å². The summed E-state index contributed by atoms with van der Waals surface area (Å²) in [6.07, 6.45) is 5.79. The number of piperidine rings is 2. The third-order valence-corrected chi connectivity index (χ3v) is 4.70. The summed E-state index contributed by atoms with van der Waals surface area (Å²) in [5.41, 5.74) is 5.38. The second-order valence-corrected chi connectivity index (χ2v) is 6.45. The molecule has 7 heteroatoms. The Morgan fingerprint density at radius 1 is 1.23 bits per heavy atom. The zero-order valence-corrected chi connectivity index (χ0v) is 13.1.